The summed E-state index contributed by atoms with van der Waals surface area (Å²) in [5.41, 5.74) is 0.520. The molecule has 0 spiro atoms. The number of rotatable bonds is 3. The fourth-order valence-electron chi connectivity index (χ4n) is 2.42. The zero-order valence-corrected chi connectivity index (χ0v) is 12.1. The van der Waals surface area contributed by atoms with Crippen LogP contribution in [0.5, 0.6) is 0 Å². The van der Waals surface area contributed by atoms with E-state index < -0.39 is 11.6 Å². The Labute approximate surface area is 116 Å². The van der Waals surface area contributed by atoms with Gasteiger partial charge in [-0.05, 0) is 32.4 Å². The highest BCUT2D eigenvalue weighted by Crippen LogP contribution is 2.30. The second-order valence-electron chi connectivity index (χ2n) is 4.48. The van der Waals surface area contributed by atoms with Crippen LogP contribution in [0.4, 0.5) is 0 Å². The molecule has 0 aliphatic heterocycles. The number of carbonyl (C=O) groups excluding carboxylic acids is 1. The van der Waals surface area contributed by atoms with Crippen molar-refractivity contribution < 1.29 is 13.9 Å². The second-order valence-corrected chi connectivity index (χ2v) is 5.30. The Morgan fingerprint density at radius 3 is 2.74 bits per heavy atom. The number of hydrogen-bond acceptors (Lipinski definition) is 5. The molecule has 0 atom stereocenters. The number of fused-ring (bicyclic) bond motifs is 1. The molecule has 0 N–H and O–H groups in total. The van der Waals surface area contributed by atoms with E-state index in [4.69, 9.17) is 9.15 Å². The molecule has 1 aliphatic carbocycles. The second kappa shape index (κ2) is 6.28. The molecule has 19 heavy (non-hydrogen) atoms. The maximum Gasteiger partial charge on any atom is 0.351 e. The zero-order valence-electron chi connectivity index (χ0n) is 11.3. The summed E-state index contributed by atoms with van der Waals surface area (Å²) < 4.78 is 10.3. The van der Waals surface area contributed by atoms with Gasteiger partial charge in [-0.3, -0.25) is 0 Å². The lowest BCUT2D eigenvalue weighted by atomic mass is 10.1. The van der Waals surface area contributed by atoms with Gasteiger partial charge in [0, 0.05) is 16.9 Å². The van der Waals surface area contributed by atoms with E-state index in [1.54, 1.807) is 6.92 Å². The summed E-state index contributed by atoms with van der Waals surface area (Å²) in [6, 6.07) is 0. The minimum absolute atomic E-state index is 0.0648. The Balaban J connectivity index is 2.58. The van der Waals surface area contributed by atoms with E-state index in [2.05, 4.69) is 0 Å². The molecule has 4 nitrogen and oxygen atoms in total. The van der Waals surface area contributed by atoms with Crippen LogP contribution in [0.15, 0.2) is 14.1 Å². The number of aryl methyl sites for hydroxylation is 1. The number of esters is 1. The molecule has 104 valence electrons. The van der Waals surface area contributed by atoms with E-state index in [0.717, 1.165) is 48.3 Å². The predicted octanol–water partition coefficient (Wildman–Crippen LogP) is 2.81. The third kappa shape index (κ3) is 2.86. The van der Waals surface area contributed by atoms with Gasteiger partial charge in [-0.2, -0.15) is 0 Å². The normalized spacial score (nSPS) is 14.6. The molecule has 1 aliphatic rings. The van der Waals surface area contributed by atoms with Crippen molar-refractivity contribution in [3.05, 3.63) is 27.3 Å². The molecule has 1 aromatic rings. The average molecular weight is 282 g/mol. The molecule has 5 heteroatoms. The van der Waals surface area contributed by atoms with Crippen molar-refractivity contribution in [2.45, 2.75) is 43.9 Å². The van der Waals surface area contributed by atoms with Crippen LogP contribution >= 0.6 is 11.8 Å². The predicted molar refractivity (Wildman–Crippen MR) is 74.0 cm³/mol. The molecular weight excluding hydrogens is 264 g/mol. The number of hydrogen-bond donors (Lipinski definition) is 0. The molecule has 1 aromatic heterocycles. The van der Waals surface area contributed by atoms with Crippen molar-refractivity contribution in [3.8, 4) is 0 Å². The Kier molecular flexibility index (Phi) is 4.69. The fourth-order valence-corrected chi connectivity index (χ4v) is 3.25. The van der Waals surface area contributed by atoms with Crippen molar-refractivity contribution in [2.24, 2.45) is 0 Å². The van der Waals surface area contributed by atoms with E-state index in [0.29, 0.717) is 0 Å². The standard InChI is InChI=1S/C14H18O4S/c1-3-17-13(15)11-12(19-2)9-7-5-4-6-8-10(9)18-14(11)16/h3-8H2,1-2H3. The summed E-state index contributed by atoms with van der Waals surface area (Å²) in [4.78, 5) is 24.7. The summed E-state index contributed by atoms with van der Waals surface area (Å²) >= 11 is 1.43. The van der Waals surface area contributed by atoms with Gasteiger partial charge in [0.15, 0.2) is 5.56 Å². The zero-order chi connectivity index (χ0) is 13.8. The number of thioether (sulfide) groups is 1. The van der Waals surface area contributed by atoms with Crippen LogP contribution in [0.2, 0.25) is 0 Å². The lowest BCUT2D eigenvalue weighted by Gasteiger charge is -2.12. The van der Waals surface area contributed by atoms with Crippen LogP contribution in [-0.4, -0.2) is 18.8 Å². The van der Waals surface area contributed by atoms with Crippen molar-refractivity contribution >= 4 is 17.7 Å². The van der Waals surface area contributed by atoms with E-state index >= 15 is 0 Å². The van der Waals surface area contributed by atoms with E-state index in [1.165, 1.54) is 11.8 Å². The number of carbonyl (C=O) groups is 1. The molecule has 0 unspecified atom stereocenters. The summed E-state index contributed by atoms with van der Waals surface area (Å²) in [5, 5.41) is 0. The maximum absolute atomic E-state index is 12.0. The molecule has 0 saturated carbocycles. The SMILES string of the molecule is CCOC(=O)c1c(SC)c2c(oc1=O)CCCCC2. The van der Waals surface area contributed by atoms with Gasteiger partial charge < -0.3 is 9.15 Å². The van der Waals surface area contributed by atoms with Crippen LogP contribution in [-0.2, 0) is 17.6 Å². The first kappa shape index (κ1) is 14.2. The molecule has 0 bridgehead atoms. The summed E-state index contributed by atoms with van der Waals surface area (Å²) in [5.74, 6) is 0.174. The first-order chi connectivity index (χ1) is 9.19. The average Bonchev–Trinajstić information content (AvgIpc) is 2.62. The topological polar surface area (TPSA) is 56.5 Å². The van der Waals surface area contributed by atoms with Crippen LogP contribution in [0.25, 0.3) is 0 Å². The monoisotopic (exact) mass is 282 g/mol. The minimum atomic E-state index is -0.576. The lowest BCUT2D eigenvalue weighted by molar-refractivity contribution is 0.0515. The van der Waals surface area contributed by atoms with Crippen molar-refractivity contribution in [3.63, 3.8) is 0 Å². The molecule has 2 rings (SSSR count). The highest BCUT2D eigenvalue weighted by molar-refractivity contribution is 7.98. The van der Waals surface area contributed by atoms with Crippen LogP contribution in [0.3, 0.4) is 0 Å². The maximum atomic E-state index is 12.0. The van der Waals surface area contributed by atoms with Gasteiger partial charge in [0.25, 0.3) is 0 Å². The Morgan fingerprint density at radius 2 is 2.05 bits per heavy atom. The van der Waals surface area contributed by atoms with Gasteiger partial charge in [-0.25, -0.2) is 9.59 Å². The highest BCUT2D eigenvalue weighted by Gasteiger charge is 2.25. The first-order valence-corrected chi connectivity index (χ1v) is 7.81. The summed E-state index contributed by atoms with van der Waals surface area (Å²) in [7, 11) is 0. The van der Waals surface area contributed by atoms with Crippen molar-refractivity contribution in [1.29, 1.82) is 0 Å². The lowest BCUT2D eigenvalue weighted by Crippen LogP contribution is -2.20. The molecular formula is C14H18O4S. The fraction of sp³-hybridized carbons (Fsp3) is 0.571. The van der Waals surface area contributed by atoms with Crippen molar-refractivity contribution in [1.82, 2.24) is 0 Å². The van der Waals surface area contributed by atoms with E-state index in [9.17, 15) is 9.59 Å². The van der Waals surface area contributed by atoms with Gasteiger partial charge in [0.05, 0.1) is 6.61 Å². The third-order valence-corrected chi connectivity index (χ3v) is 4.13. The quantitative estimate of drug-likeness (QED) is 0.485. The highest BCUT2D eigenvalue weighted by atomic mass is 32.2. The van der Waals surface area contributed by atoms with Crippen LogP contribution < -0.4 is 5.63 Å². The molecule has 0 amide bonds. The number of ether oxygens (including phenoxy) is 1. The molecule has 0 saturated heterocycles. The molecule has 0 fully saturated rings. The van der Waals surface area contributed by atoms with Gasteiger partial charge >= 0.3 is 11.6 Å². The van der Waals surface area contributed by atoms with Gasteiger partial charge in [0.2, 0.25) is 0 Å². The summed E-state index contributed by atoms with van der Waals surface area (Å²) in [6.07, 6.45) is 6.74. The Hall–Kier alpha value is -1.23. The third-order valence-electron chi connectivity index (χ3n) is 3.27. The Morgan fingerprint density at radius 1 is 1.32 bits per heavy atom. The minimum Gasteiger partial charge on any atom is -0.462 e. The van der Waals surface area contributed by atoms with Gasteiger partial charge in [-0.15, -0.1) is 11.8 Å². The largest absolute Gasteiger partial charge is 0.462 e. The van der Waals surface area contributed by atoms with E-state index in [-0.39, 0.29) is 12.2 Å². The van der Waals surface area contributed by atoms with E-state index in [1.807, 2.05) is 6.26 Å². The van der Waals surface area contributed by atoms with Gasteiger partial charge in [-0.1, -0.05) is 6.42 Å². The smallest absolute Gasteiger partial charge is 0.351 e. The summed E-state index contributed by atoms with van der Waals surface area (Å²) in [6.45, 7) is 1.98. The van der Waals surface area contributed by atoms with Gasteiger partial charge in [0.1, 0.15) is 5.76 Å². The van der Waals surface area contributed by atoms with Crippen LogP contribution in [0, 0.1) is 0 Å². The Bertz CT molecular complexity index is 533. The van der Waals surface area contributed by atoms with Crippen molar-refractivity contribution in [2.75, 3.05) is 12.9 Å². The molecule has 0 aromatic carbocycles. The first-order valence-electron chi connectivity index (χ1n) is 6.59. The molecule has 1 heterocycles. The van der Waals surface area contributed by atoms with Crippen LogP contribution in [0.1, 0.15) is 47.9 Å². The molecule has 0 radical (unpaired) electrons.